The summed E-state index contributed by atoms with van der Waals surface area (Å²) >= 11 is 0. The fourth-order valence-electron chi connectivity index (χ4n) is 3.93. The summed E-state index contributed by atoms with van der Waals surface area (Å²) in [4.78, 5) is 17.4. The third-order valence-electron chi connectivity index (χ3n) is 5.73. The molecule has 3 fully saturated rings. The Balaban J connectivity index is 1.31. The number of ether oxygens (including phenoxy) is 1. The van der Waals surface area contributed by atoms with Gasteiger partial charge < -0.3 is 20.7 Å². The number of amides is 1. The van der Waals surface area contributed by atoms with Crippen molar-refractivity contribution in [3.05, 3.63) is 24.3 Å². The molecular weight excluding hydrogens is 328 g/mol. The Bertz CT molecular complexity index is 626. The first-order chi connectivity index (χ1) is 12.7. The normalized spacial score (nSPS) is 26.9. The molecule has 3 N–H and O–H groups in total. The van der Waals surface area contributed by atoms with E-state index in [9.17, 15) is 4.79 Å². The van der Waals surface area contributed by atoms with Gasteiger partial charge in [-0.2, -0.15) is 0 Å². The van der Waals surface area contributed by atoms with E-state index in [1.54, 1.807) is 0 Å². The van der Waals surface area contributed by atoms with E-state index < -0.39 is 0 Å². The van der Waals surface area contributed by atoms with E-state index in [0.717, 1.165) is 50.6 Å². The summed E-state index contributed by atoms with van der Waals surface area (Å²) in [6.45, 7) is 6.11. The van der Waals surface area contributed by atoms with E-state index in [2.05, 4.69) is 27.2 Å². The number of carbonyl (C=O) groups excluding carboxylic acids is 1. The molecule has 0 unspecified atom stereocenters. The molecule has 1 aromatic carbocycles. The minimum atomic E-state index is -0.377. The summed E-state index contributed by atoms with van der Waals surface area (Å²) in [6, 6.07) is 8.16. The van der Waals surface area contributed by atoms with Gasteiger partial charge in [-0.05, 0) is 49.8 Å². The number of piperazine rings is 1. The average molecular weight is 358 g/mol. The summed E-state index contributed by atoms with van der Waals surface area (Å²) in [6.07, 6.45) is 4.08. The third-order valence-corrected chi connectivity index (χ3v) is 5.73. The second-order valence-electron chi connectivity index (χ2n) is 7.83. The highest BCUT2D eigenvalue weighted by atomic mass is 16.5. The number of hydrogen-bond donors (Lipinski definition) is 2. The first kappa shape index (κ1) is 17.8. The summed E-state index contributed by atoms with van der Waals surface area (Å²) in [5.41, 5.74) is 7.65. The molecule has 3 aliphatic rings. The lowest BCUT2D eigenvalue weighted by Gasteiger charge is -2.36. The lowest BCUT2D eigenvalue weighted by atomic mass is 10.1. The Morgan fingerprint density at radius 2 is 1.96 bits per heavy atom. The number of nitrogens with two attached hydrogens (primary N) is 1. The fourth-order valence-corrected chi connectivity index (χ4v) is 3.93. The van der Waals surface area contributed by atoms with Crippen molar-refractivity contribution < 1.29 is 9.53 Å². The van der Waals surface area contributed by atoms with Gasteiger partial charge in [-0.25, -0.2) is 0 Å². The van der Waals surface area contributed by atoms with Gasteiger partial charge >= 0.3 is 0 Å². The van der Waals surface area contributed by atoms with Gasteiger partial charge in [0.2, 0.25) is 0 Å². The second-order valence-corrected chi connectivity index (χ2v) is 7.83. The van der Waals surface area contributed by atoms with Crippen LogP contribution in [-0.4, -0.2) is 62.3 Å². The maximum absolute atomic E-state index is 12.4. The molecule has 4 rings (SSSR count). The van der Waals surface area contributed by atoms with Crippen LogP contribution in [0.5, 0.6) is 0 Å². The number of carbonyl (C=O) groups is 1. The van der Waals surface area contributed by atoms with Crippen molar-refractivity contribution in [3.8, 4) is 0 Å². The number of nitrogens with one attached hydrogen (secondary N) is 1. The first-order valence-electron chi connectivity index (χ1n) is 9.95. The zero-order valence-corrected chi connectivity index (χ0v) is 15.4. The zero-order chi connectivity index (χ0) is 17.9. The van der Waals surface area contributed by atoms with Crippen LogP contribution >= 0.6 is 0 Å². The van der Waals surface area contributed by atoms with Crippen molar-refractivity contribution in [1.82, 2.24) is 4.90 Å². The van der Waals surface area contributed by atoms with Crippen molar-refractivity contribution in [3.63, 3.8) is 0 Å². The van der Waals surface area contributed by atoms with Crippen molar-refractivity contribution in [1.29, 1.82) is 0 Å². The summed E-state index contributed by atoms with van der Waals surface area (Å²) < 4.78 is 5.69. The van der Waals surface area contributed by atoms with Crippen LogP contribution in [0, 0.1) is 5.92 Å². The maximum atomic E-state index is 12.4. The molecule has 0 aromatic heterocycles. The SMILES string of the molecule is NC[C@H]1CC[C@@H](C(=O)Nc2cccc(N3CCN(CC4CC4)CC3)c2)O1. The van der Waals surface area contributed by atoms with Gasteiger partial charge in [0.15, 0.2) is 0 Å². The molecule has 0 radical (unpaired) electrons. The van der Waals surface area contributed by atoms with E-state index in [0.29, 0.717) is 6.54 Å². The highest BCUT2D eigenvalue weighted by molar-refractivity contribution is 5.94. The van der Waals surface area contributed by atoms with Gasteiger partial charge in [0.1, 0.15) is 6.10 Å². The van der Waals surface area contributed by atoms with Crippen LogP contribution in [0.15, 0.2) is 24.3 Å². The van der Waals surface area contributed by atoms with Gasteiger partial charge in [0.25, 0.3) is 5.91 Å². The predicted octanol–water partition coefficient (Wildman–Crippen LogP) is 1.66. The van der Waals surface area contributed by atoms with Crippen LogP contribution in [0.25, 0.3) is 0 Å². The van der Waals surface area contributed by atoms with Gasteiger partial charge in [0, 0.05) is 50.6 Å². The van der Waals surface area contributed by atoms with Gasteiger partial charge in [-0.3, -0.25) is 9.69 Å². The number of hydrogen-bond acceptors (Lipinski definition) is 5. The van der Waals surface area contributed by atoms with Crippen LogP contribution in [-0.2, 0) is 9.53 Å². The minimum Gasteiger partial charge on any atom is -0.369 e. The van der Waals surface area contributed by atoms with Crippen molar-refractivity contribution in [2.45, 2.75) is 37.9 Å². The molecular formula is C20H30N4O2. The van der Waals surface area contributed by atoms with E-state index in [-0.39, 0.29) is 18.1 Å². The predicted molar refractivity (Wildman–Crippen MR) is 103 cm³/mol. The Morgan fingerprint density at radius 3 is 2.65 bits per heavy atom. The Kier molecular flexibility index (Phi) is 5.43. The van der Waals surface area contributed by atoms with E-state index >= 15 is 0 Å². The van der Waals surface area contributed by atoms with Gasteiger partial charge in [0.05, 0.1) is 6.10 Å². The first-order valence-corrected chi connectivity index (χ1v) is 9.95. The Labute approximate surface area is 155 Å². The minimum absolute atomic E-state index is 0.0176. The standard InChI is InChI=1S/C20H30N4O2/c21-13-18-6-7-19(26-18)20(25)22-16-2-1-3-17(12-16)24-10-8-23(9-11-24)14-15-4-5-15/h1-3,12,15,18-19H,4-11,13-14,21H2,(H,22,25)/t18-,19+/m1/s1. The molecule has 26 heavy (non-hydrogen) atoms. The number of anilines is 2. The Morgan fingerprint density at radius 1 is 1.15 bits per heavy atom. The topological polar surface area (TPSA) is 70.8 Å². The molecule has 1 aromatic rings. The Hall–Kier alpha value is -1.63. The average Bonchev–Trinajstić information content (AvgIpc) is 3.34. The van der Waals surface area contributed by atoms with Gasteiger partial charge in [-0.1, -0.05) is 6.07 Å². The summed E-state index contributed by atoms with van der Waals surface area (Å²) in [5.74, 6) is 0.893. The highest BCUT2D eigenvalue weighted by Gasteiger charge is 2.30. The van der Waals surface area contributed by atoms with Crippen LogP contribution in [0.2, 0.25) is 0 Å². The molecule has 2 aliphatic heterocycles. The maximum Gasteiger partial charge on any atom is 0.253 e. The number of rotatable bonds is 6. The van der Waals surface area contributed by atoms with Crippen LogP contribution in [0.4, 0.5) is 11.4 Å². The molecule has 0 bridgehead atoms. The number of benzene rings is 1. The molecule has 2 heterocycles. The summed E-state index contributed by atoms with van der Waals surface area (Å²) in [7, 11) is 0. The molecule has 1 amide bonds. The molecule has 1 saturated carbocycles. The molecule has 0 spiro atoms. The van der Waals surface area contributed by atoms with Crippen LogP contribution in [0.1, 0.15) is 25.7 Å². The van der Waals surface area contributed by atoms with E-state index in [1.807, 2.05) is 12.1 Å². The van der Waals surface area contributed by atoms with E-state index in [4.69, 9.17) is 10.5 Å². The van der Waals surface area contributed by atoms with Crippen molar-refractivity contribution in [2.24, 2.45) is 11.7 Å². The zero-order valence-electron chi connectivity index (χ0n) is 15.4. The van der Waals surface area contributed by atoms with Crippen LogP contribution < -0.4 is 16.0 Å². The van der Waals surface area contributed by atoms with Crippen molar-refractivity contribution in [2.75, 3.05) is 49.5 Å². The van der Waals surface area contributed by atoms with E-state index in [1.165, 1.54) is 25.1 Å². The summed E-state index contributed by atoms with van der Waals surface area (Å²) in [5, 5.41) is 3.01. The molecule has 6 nitrogen and oxygen atoms in total. The molecule has 6 heteroatoms. The lowest BCUT2D eigenvalue weighted by Crippen LogP contribution is -2.47. The molecule has 2 atom stereocenters. The second kappa shape index (κ2) is 7.94. The molecule has 142 valence electrons. The number of nitrogens with zero attached hydrogens (tertiary/aromatic N) is 2. The quantitative estimate of drug-likeness (QED) is 0.809. The lowest BCUT2D eigenvalue weighted by molar-refractivity contribution is -0.126. The van der Waals surface area contributed by atoms with Crippen LogP contribution in [0.3, 0.4) is 0 Å². The fraction of sp³-hybridized carbons (Fsp3) is 0.650. The largest absolute Gasteiger partial charge is 0.369 e. The molecule has 1 aliphatic carbocycles. The third kappa shape index (κ3) is 4.37. The molecule has 2 saturated heterocycles. The highest BCUT2D eigenvalue weighted by Crippen LogP contribution is 2.30. The van der Waals surface area contributed by atoms with Gasteiger partial charge in [-0.15, -0.1) is 0 Å². The monoisotopic (exact) mass is 358 g/mol. The smallest absolute Gasteiger partial charge is 0.253 e. The van der Waals surface area contributed by atoms with Crippen molar-refractivity contribution >= 4 is 17.3 Å².